The number of fused-ring (bicyclic) bond motifs is 6. The summed E-state index contributed by atoms with van der Waals surface area (Å²) in [4.78, 5) is 0. The fourth-order valence-electron chi connectivity index (χ4n) is 5.43. The quantitative estimate of drug-likeness (QED) is 0.235. The number of hydrogen-bond acceptors (Lipinski definition) is 1. The van der Waals surface area contributed by atoms with Crippen LogP contribution in [-0.2, 0) is 5.41 Å². The van der Waals surface area contributed by atoms with Gasteiger partial charge in [-0.15, -0.1) is 0 Å². The Bertz CT molecular complexity index is 1930. The van der Waals surface area contributed by atoms with Gasteiger partial charge in [0.05, 0.1) is 12.3 Å². The highest BCUT2D eigenvalue weighted by Gasteiger charge is 2.47. The van der Waals surface area contributed by atoms with Crippen molar-refractivity contribution in [1.29, 1.82) is 0 Å². The third kappa shape index (κ3) is 2.47. The van der Waals surface area contributed by atoms with E-state index in [-0.39, 0.29) is 29.7 Å². The Morgan fingerprint density at radius 3 is 2.30 bits per heavy atom. The molecule has 0 fully saturated rings. The summed E-state index contributed by atoms with van der Waals surface area (Å²) in [5.41, 5.74) is 4.67. The van der Waals surface area contributed by atoms with Gasteiger partial charge in [-0.25, -0.2) is 0 Å². The molecule has 1 aliphatic rings. The molecule has 0 bridgehead atoms. The van der Waals surface area contributed by atoms with Gasteiger partial charge in [0.15, 0.2) is 0 Å². The number of hydrogen-bond donors (Lipinski definition) is 0. The zero-order chi connectivity index (χ0) is 26.3. The fourth-order valence-corrected chi connectivity index (χ4v) is 5.79. The maximum atomic E-state index is 9.10. The van der Waals surface area contributed by atoms with Crippen molar-refractivity contribution >= 4 is 37.9 Å². The third-order valence-electron chi connectivity index (χ3n) is 6.69. The molecule has 0 saturated carbocycles. The van der Waals surface area contributed by atoms with Crippen molar-refractivity contribution in [2.24, 2.45) is 0 Å². The molecule has 33 heavy (non-hydrogen) atoms. The molecule has 0 spiro atoms. The number of furan rings is 1. The largest absolute Gasteiger partial charge is 0.456 e. The van der Waals surface area contributed by atoms with E-state index >= 15 is 0 Å². The van der Waals surface area contributed by atoms with Crippen molar-refractivity contribution in [3.8, 4) is 11.1 Å². The lowest BCUT2D eigenvalue weighted by atomic mass is 9.67. The summed E-state index contributed by atoms with van der Waals surface area (Å²) in [5, 5.41) is 1.87. The monoisotopic (exact) mass is 491 g/mol. The van der Waals surface area contributed by atoms with Crippen LogP contribution in [0.15, 0.2) is 124 Å². The summed E-state index contributed by atoms with van der Waals surface area (Å²) in [6, 6.07) is 26.0. The lowest BCUT2D eigenvalue weighted by molar-refractivity contribution is 0.648. The van der Waals surface area contributed by atoms with Crippen molar-refractivity contribution < 1.29 is 11.3 Å². The molecule has 1 aliphatic carbocycles. The Morgan fingerprint density at radius 2 is 1.39 bits per heavy atom. The van der Waals surface area contributed by atoms with Crippen molar-refractivity contribution in [1.82, 2.24) is 0 Å². The van der Waals surface area contributed by atoms with Crippen LogP contribution in [-0.4, -0.2) is 0 Å². The minimum atomic E-state index is -1.21. The smallest absolute Gasteiger partial charge is 0.140 e. The van der Waals surface area contributed by atoms with Crippen LogP contribution in [0.5, 0.6) is 0 Å². The first kappa shape index (κ1) is 14.5. The zero-order valence-electron chi connectivity index (χ0n) is 22.4. The van der Waals surface area contributed by atoms with Crippen LogP contribution >= 0.6 is 15.9 Å². The first-order valence-corrected chi connectivity index (χ1v) is 11.5. The number of halogens is 1. The van der Waals surface area contributed by atoms with Gasteiger partial charge in [0.2, 0.25) is 0 Å². The molecular formula is C31H19BrO. The van der Waals surface area contributed by atoms with E-state index in [4.69, 9.17) is 11.3 Å². The summed E-state index contributed by atoms with van der Waals surface area (Å²) >= 11 is 3.61. The Kier molecular flexibility index (Phi) is 3.05. The topological polar surface area (TPSA) is 13.1 Å². The Morgan fingerprint density at radius 1 is 0.667 bits per heavy atom. The van der Waals surface area contributed by atoms with Crippen LogP contribution in [0, 0.1) is 0 Å². The summed E-state index contributed by atoms with van der Waals surface area (Å²) in [7, 11) is 0. The molecule has 6 aromatic rings. The molecule has 0 radical (unpaired) electrons. The molecule has 0 amide bonds. The van der Waals surface area contributed by atoms with Crippen molar-refractivity contribution in [3.63, 3.8) is 0 Å². The van der Waals surface area contributed by atoms with Gasteiger partial charge in [-0.2, -0.15) is 0 Å². The van der Waals surface area contributed by atoms with E-state index in [9.17, 15) is 0 Å². The van der Waals surface area contributed by atoms with Gasteiger partial charge in [-0.1, -0.05) is 113 Å². The van der Waals surface area contributed by atoms with E-state index in [1.54, 1.807) is 0 Å². The second kappa shape index (κ2) is 6.94. The predicted octanol–water partition coefficient (Wildman–Crippen LogP) is 8.71. The molecule has 0 N–H and O–H groups in total. The molecule has 1 aromatic heterocycles. The van der Waals surface area contributed by atoms with E-state index in [1.165, 1.54) is 0 Å². The standard InChI is InChI=1S/C31H19BrO/c32-21-17-18-27-25(19-21)22-11-4-6-14-26(22)31(27,20-9-2-1-3-10-20)28-15-8-13-24-23-12-5-7-16-29(23)33-30(24)28/h1-19H/i1D,2D,3D,9D,10D. The van der Waals surface area contributed by atoms with Crippen LogP contribution < -0.4 is 0 Å². The normalized spacial score (nSPS) is 18.9. The average Bonchev–Trinajstić information content (AvgIpc) is 3.45. The lowest BCUT2D eigenvalue weighted by Gasteiger charge is -2.33. The van der Waals surface area contributed by atoms with E-state index in [1.807, 2.05) is 84.9 Å². The van der Waals surface area contributed by atoms with Crippen LogP contribution in [0.25, 0.3) is 33.1 Å². The van der Waals surface area contributed by atoms with Gasteiger partial charge in [-0.05, 0) is 46.0 Å². The van der Waals surface area contributed by atoms with E-state index in [0.29, 0.717) is 5.58 Å². The van der Waals surface area contributed by atoms with Gasteiger partial charge < -0.3 is 4.42 Å². The van der Waals surface area contributed by atoms with Gasteiger partial charge in [0.1, 0.15) is 11.2 Å². The molecule has 1 atom stereocenters. The summed E-state index contributed by atoms with van der Waals surface area (Å²) in [6.45, 7) is 0. The third-order valence-corrected chi connectivity index (χ3v) is 7.18. The van der Waals surface area contributed by atoms with Crippen LogP contribution in [0.1, 0.15) is 29.1 Å². The second-order valence-electron chi connectivity index (χ2n) is 8.27. The zero-order valence-corrected chi connectivity index (χ0v) is 19.0. The predicted molar refractivity (Wildman–Crippen MR) is 139 cm³/mol. The molecule has 0 saturated heterocycles. The van der Waals surface area contributed by atoms with E-state index < -0.39 is 11.5 Å². The average molecular weight is 492 g/mol. The van der Waals surface area contributed by atoms with E-state index in [0.717, 1.165) is 48.6 Å². The summed E-state index contributed by atoms with van der Waals surface area (Å²) in [5.74, 6) is 0. The van der Waals surface area contributed by atoms with Crippen LogP contribution in [0.3, 0.4) is 0 Å². The summed E-state index contributed by atoms with van der Waals surface area (Å²) < 4.78 is 51.0. The van der Waals surface area contributed by atoms with E-state index in [2.05, 4.69) is 15.9 Å². The molecule has 7 rings (SSSR count). The Balaban J connectivity index is 1.77. The summed E-state index contributed by atoms with van der Waals surface area (Å²) in [6.07, 6.45) is 0. The molecule has 2 heteroatoms. The molecular weight excluding hydrogens is 468 g/mol. The fraction of sp³-hybridized carbons (Fsp3) is 0.0323. The van der Waals surface area contributed by atoms with Crippen LogP contribution in [0.4, 0.5) is 0 Å². The molecule has 1 unspecified atom stereocenters. The molecule has 156 valence electrons. The Labute approximate surface area is 207 Å². The van der Waals surface area contributed by atoms with Gasteiger partial charge in [-0.3, -0.25) is 0 Å². The van der Waals surface area contributed by atoms with Gasteiger partial charge in [0.25, 0.3) is 0 Å². The lowest BCUT2D eigenvalue weighted by Crippen LogP contribution is -2.28. The van der Waals surface area contributed by atoms with Crippen molar-refractivity contribution in [2.45, 2.75) is 5.41 Å². The number of rotatable bonds is 2. The SMILES string of the molecule is [2H]c1c([2H])c([2H])c(C2(c3cccc4c3oc3ccccc34)c3ccccc3-c3cc(Br)ccc32)c([2H])c1[2H]. The maximum absolute atomic E-state index is 9.10. The highest BCUT2D eigenvalue weighted by Crippen LogP contribution is 2.57. The van der Waals surface area contributed by atoms with Crippen LogP contribution in [0.2, 0.25) is 0 Å². The maximum Gasteiger partial charge on any atom is 0.140 e. The number of benzene rings is 5. The highest BCUT2D eigenvalue weighted by atomic mass is 79.9. The molecule has 5 aromatic carbocycles. The first-order valence-electron chi connectivity index (χ1n) is 13.2. The first-order chi connectivity index (χ1) is 18.4. The number of para-hydroxylation sites is 2. The van der Waals surface area contributed by atoms with Gasteiger partial charge in [0, 0.05) is 20.8 Å². The molecule has 0 aliphatic heterocycles. The molecule has 1 heterocycles. The Hall–Kier alpha value is -3.62. The highest BCUT2D eigenvalue weighted by molar-refractivity contribution is 9.10. The minimum absolute atomic E-state index is 0.213. The second-order valence-corrected chi connectivity index (χ2v) is 9.18. The van der Waals surface area contributed by atoms with Crippen molar-refractivity contribution in [2.75, 3.05) is 0 Å². The van der Waals surface area contributed by atoms with Gasteiger partial charge >= 0.3 is 0 Å². The molecule has 1 nitrogen and oxygen atoms in total. The van der Waals surface area contributed by atoms with Crippen molar-refractivity contribution in [3.05, 3.63) is 142 Å². The minimum Gasteiger partial charge on any atom is -0.456 e.